The van der Waals surface area contributed by atoms with Crippen molar-refractivity contribution in [2.24, 2.45) is 5.41 Å². The first kappa shape index (κ1) is 13.4. The Labute approximate surface area is 64.1 Å². The van der Waals surface area contributed by atoms with Crippen LogP contribution in [0.2, 0.25) is 0 Å². The van der Waals surface area contributed by atoms with E-state index in [1.165, 1.54) is 0 Å². The predicted molar refractivity (Wildman–Crippen MR) is 35.7 cm³/mol. The molecule has 6 nitrogen and oxygen atoms in total. The molecule has 0 aromatic rings. The zero-order chi connectivity index (χ0) is 9.33. The van der Waals surface area contributed by atoms with Gasteiger partial charge in [0.05, 0.1) is 19.8 Å². The molecule has 0 amide bonds. The normalized spacial score (nSPS) is 10.4. The van der Waals surface area contributed by atoms with Gasteiger partial charge in [0.1, 0.15) is 0 Å². The van der Waals surface area contributed by atoms with Crippen LogP contribution in [-0.4, -0.2) is 45.7 Å². The first-order valence-corrected chi connectivity index (χ1v) is 2.87. The summed E-state index contributed by atoms with van der Waals surface area (Å²) in [5.74, 6) is 0. The van der Waals surface area contributed by atoms with Crippen molar-refractivity contribution in [3.63, 3.8) is 0 Å². The van der Waals surface area contributed by atoms with Crippen LogP contribution in [0.25, 0.3) is 0 Å². The van der Waals surface area contributed by atoms with Crippen LogP contribution in [-0.2, 0) is 5.04 Å². The summed E-state index contributed by atoms with van der Waals surface area (Å²) in [6.07, 6.45) is 0. The Kier molecular flexibility index (Phi) is 9.55. The summed E-state index contributed by atoms with van der Waals surface area (Å²) in [7, 11) is 0. The van der Waals surface area contributed by atoms with Crippen molar-refractivity contribution in [3.8, 4) is 0 Å². The van der Waals surface area contributed by atoms with Gasteiger partial charge in [0.2, 0.25) is 0 Å². The van der Waals surface area contributed by atoms with Crippen molar-refractivity contribution in [3.05, 3.63) is 0 Å². The first-order chi connectivity index (χ1) is 5.10. The maximum absolute atomic E-state index is 8.47. The molecule has 0 unspecified atom stereocenters. The highest BCUT2D eigenvalue weighted by atomic mass is 17.4. The number of aliphatic hydroxyl groups excluding tert-OH is 3. The summed E-state index contributed by atoms with van der Waals surface area (Å²) in [5, 5.41) is 40.9. The van der Waals surface area contributed by atoms with Crippen molar-refractivity contribution < 1.29 is 30.9 Å². The highest BCUT2D eigenvalue weighted by molar-refractivity contribution is 4.69. The van der Waals surface area contributed by atoms with Crippen LogP contribution in [0.5, 0.6) is 0 Å². The maximum atomic E-state index is 8.47. The summed E-state index contributed by atoms with van der Waals surface area (Å²) in [6, 6.07) is 0. The molecule has 70 valence electrons. The Hall–Kier alpha value is -0.240. The molecule has 0 saturated carbocycles. The topological polar surface area (TPSA) is 110 Å². The Morgan fingerprint density at radius 1 is 1.00 bits per heavy atom. The van der Waals surface area contributed by atoms with Crippen molar-refractivity contribution in [2.45, 2.75) is 6.92 Å². The largest absolute Gasteiger partial charge is 0.396 e. The second kappa shape index (κ2) is 7.86. The first-order valence-electron chi connectivity index (χ1n) is 2.87. The molecule has 0 fully saturated rings. The van der Waals surface area contributed by atoms with Crippen molar-refractivity contribution >= 4 is 0 Å². The van der Waals surface area contributed by atoms with Gasteiger partial charge in [-0.25, -0.2) is 10.5 Å². The molecule has 5 N–H and O–H groups in total. The minimum Gasteiger partial charge on any atom is -0.396 e. The lowest BCUT2D eigenvalue weighted by atomic mass is 9.95. The standard InChI is InChI=1S/C5H12O3.H2O3/c1-5(2-6,3-7)4-8;1-3-2/h6-8H,2-4H2,1H3;1-2H. The summed E-state index contributed by atoms with van der Waals surface area (Å²) in [6.45, 7) is 1.06. The molecule has 0 aliphatic carbocycles. The molecule has 0 aliphatic rings. The van der Waals surface area contributed by atoms with Crippen molar-refractivity contribution in [2.75, 3.05) is 19.8 Å². The molecule has 0 aliphatic heterocycles. The summed E-state index contributed by atoms with van der Waals surface area (Å²) in [5.41, 5.74) is -0.708. The molecule has 0 atom stereocenters. The molecular weight excluding hydrogens is 156 g/mol. The second-order valence-corrected chi connectivity index (χ2v) is 2.37. The quantitative estimate of drug-likeness (QED) is 0.272. The highest BCUT2D eigenvalue weighted by Crippen LogP contribution is 2.10. The average Bonchev–Trinajstić information content (AvgIpc) is 2.05. The van der Waals surface area contributed by atoms with Crippen LogP contribution in [0.1, 0.15) is 6.92 Å². The third-order valence-corrected chi connectivity index (χ3v) is 1.15. The van der Waals surface area contributed by atoms with Crippen LogP contribution < -0.4 is 0 Å². The van der Waals surface area contributed by atoms with E-state index < -0.39 is 5.41 Å². The Bertz CT molecular complexity index is 63.1. The van der Waals surface area contributed by atoms with Gasteiger partial charge in [-0.2, -0.15) is 0 Å². The van der Waals surface area contributed by atoms with Gasteiger partial charge < -0.3 is 15.3 Å². The molecule has 0 aromatic heterocycles. The van der Waals surface area contributed by atoms with E-state index in [1.54, 1.807) is 6.92 Å². The summed E-state index contributed by atoms with van der Waals surface area (Å²) >= 11 is 0. The van der Waals surface area contributed by atoms with Gasteiger partial charge in [-0.15, -0.1) is 0 Å². The second-order valence-electron chi connectivity index (χ2n) is 2.37. The van der Waals surface area contributed by atoms with Crippen LogP contribution in [0.4, 0.5) is 0 Å². The molecular formula is C5H14O6. The van der Waals surface area contributed by atoms with Gasteiger partial charge in [-0.1, -0.05) is 12.0 Å². The fourth-order valence-electron chi connectivity index (χ4n) is 0.150. The molecule has 0 spiro atoms. The minimum absolute atomic E-state index is 0.181. The van der Waals surface area contributed by atoms with E-state index in [4.69, 9.17) is 25.8 Å². The maximum Gasteiger partial charge on any atom is 0.0528 e. The monoisotopic (exact) mass is 170 g/mol. The smallest absolute Gasteiger partial charge is 0.0528 e. The molecule has 0 saturated heterocycles. The predicted octanol–water partition coefficient (Wildman–Crippen LogP) is -1.08. The average molecular weight is 170 g/mol. The lowest BCUT2D eigenvalue weighted by molar-refractivity contribution is -0.465. The molecule has 11 heavy (non-hydrogen) atoms. The summed E-state index contributed by atoms with van der Waals surface area (Å²) < 4.78 is 0. The van der Waals surface area contributed by atoms with E-state index in [0.717, 1.165) is 0 Å². The van der Waals surface area contributed by atoms with Crippen molar-refractivity contribution in [1.29, 1.82) is 0 Å². The van der Waals surface area contributed by atoms with Crippen LogP contribution >= 0.6 is 0 Å². The number of hydrogen-bond donors (Lipinski definition) is 5. The number of rotatable bonds is 3. The van der Waals surface area contributed by atoms with Crippen LogP contribution in [0.15, 0.2) is 0 Å². The fraction of sp³-hybridized carbons (Fsp3) is 1.00. The number of hydrogen-bond acceptors (Lipinski definition) is 6. The van der Waals surface area contributed by atoms with Gasteiger partial charge in [-0.05, 0) is 0 Å². The number of aliphatic hydroxyl groups is 3. The van der Waals surface area contributed by atoms with Gasteiger partial charge in [0.25, 0.3) is 0 Å². The fourth-order valence-corrected chi connectivity index (χ4v) is 0.150. The van der Waals surface area contributed by atoms with Crippen LogP contribution in [0.3, 0.4) is 0 Å². The molecule has 0 heterocycles. The van der Waals surface area contributed by atoms with E-state index in [9.17, 15) is 0 Å². The minimum atomic E-state index is -0.708. The molecule has 6 heteroatoms. The third kappa shape index (κ3) is 7.66. The summed E-state index contributed by atoms with van der Waals surface area (Å²) in [4.78, 5) is 0. The third-order valence-electron chi connectivity index (χ3n) is 1.15. The molecule has 0 bridgehead atoms. The molecule has 0 aromatic carbocycles. The van der Waals surface area contributed by atoms with E-state index >= 15 is 0 Å². The SMILES string of the molecule is CC(CO)(CO)CO.OOO. The van der Waals surface area contributed by atoms with E-state index in [0.29, 0.717) is 0 Å². The van der Waals surface area contributed by atoms with Crippen molar-refractivity contribution in [1.82, 2.24) is 0 Å². The van der Waals surface area contributed by atoms with Crippen LogP contribution in [0, 0.1) is 5.41 Å². The molecule has 0 radical (unpaired) electrons. The zero-order valence-electron chi connectivity index (χ0n) is 6.27. The highest BCUT2D eigenvalue weighted by Gasteiger charge is 2.20. The lowest BCUT2D eigenvalue weighted by Gasteiger charge is -2.20. The Morgan fingerprint density at radius 3 is 1.18 bits per heavy atom. The van der Waals surface area contributed by atoms with Gasteiger partial charge >= 0.3 is 0 Å². The Morgan fingerprint density at radius 2 is 1.18 bits per heavy atom. The lowest BCUT2D eigenvalue weighted by Crippen LogP contribution is -2.29. The zero-order valence-corrected chi connectivity index (χ0v) is 6.27. The van der Waals surface area contributed by atoms with Gasteiger partial charge in [0, 0.05) is 5.41 Å². The van der Waals surface area contributed by atoms with E-state index in [1.807, 2.05) is 0 Å². The van der Waals surface area contributed by atoms with E-state index in [-0.39, 0.29) is 19.8 Å². The Balaban J connectivity index is 0. The van der Waals surface area contributed by atoms with Gasteiger partial charge in [0.15, 0.2) is 0 Å². The van der Waals surface area contributed by atoms with E-state index in [2.05, 4.69) is 5.04 Å². The van der Waals surface area contributed by atoms with Gasteiger partial charge in [-0.3, -0.25) is 0 Å². The molecule has 0 rings (SSSR count).